The summed E-state index contributed by atoms with van der Waals surface area (Å²) in [5, 5.41) is 3.99. The molecular formula is C13H13BrO2S. The number of hydrogen-bond donors (Lipinski definition) is 0. The second kappa shape index (κ2) is 4.83. The Morgan fingerprint density at radius 1 is 1.59 bits per heavy atom. The van der Waals surface area contributed by atoms with Gasteiger partial charge in [-0.25, -0.2) is 0 Å². The molecule has 4 heteroatoms. The summed E-state index contributed by atoms with van der Waals surface area (Å²) in [6, 6.07) is 0. The summed E-state index contributed by atoms with van der Waals surface area (Å²) in [6.45, 7) is 3.88. The second-order valence-corrected chi connectivity index (χ2v) is 6.32. The first-order valence-electron chi connectivity index (χ1n) is 5.41. The van der Waals surface area contributed by atoms with Gasteiger partial charge in [-0.05, 0) is 29.8 Å². The number of rotatable bonds is 1. The number of hydrogen-bond acceptors (Lipinski definition) is 3. The van der Waals surface area contributed by atoms with Gasteiger partial charge in [0.05, 0.1) is 5.92 Å². The highest BCUT2D eigenvalue weighted by Gasteiger charge is 2.39. The van der Waals surface area contributed by atoms with E-state index in [1.807, 2.05) is 24.6 Å². The van der Waals surface area contributed by atoms with E-state index in [1.165, 1.54) is 0 Å². The van der Waals surface area contributed by atoms with Gasteiger partial charge in [-0.2, -0.15) is 0 Å². The van der Waals surface area contributed by atoms with Crippen LogP contribution < -0.4 is 0 Å². The lowest BCUT2D eigenvalue weighted by atomic mass is 9.95. The van der Waals surface area contributed by atoms with E-state index < -0.39 is 0 Å². The molecule has 0 N–H and O–H groups in total. The molecule has 2 nitrogen and oxygen atoms in total. The smallest absolute Gasteiger partial charge is 0.310 e. The molecule has 1 unspecified atom stereocenters. The molecule has 2 rings (SSSR count). The molecule has 2 heterocycles. The Hall–Kier alpha value is -0.790. The number of carbonyl (C=O) groups is 1. The number of ether oxygens (including phenoxy) is 1. The van der Waals surface area contributed by atoms with Gasteiger partial charge in [0.15, 0.2) is 0 Å². The van der Waals surface area contributed by atoms with Crippen molar-refractivity contribution < 1.29 is 9.53 Å². The van der Waals surface area contributed by atoms with Gasteiger partial charge in [0.1, 0.15) is 5.60 Å². The van der Waals surface area contributed by atoms with Gasteiger partial charge in [-0.15, -0.1) is 11.3 Å². The molecule has 0 bridgehead atoms. The van der Waals surface area contributed by atoms with E-state index >= 15 is 0 Å². The number of cyclic esters (lactones) is 1. The lowest BCUT2D eigenvalue weighted by molar-refractivity contribution is -0.148. The fourth-order valence-electron chi connectivity index (χ4n) is 1.87. The van der Waals surface area contributed by atoms with Crippen molar-refractivity contribution in [2.24, 2.45) is 5.92 Å². The summed E-state index contributed by atoms with van der Waals surface area (Å²) >= 11 is 5.03. The lowest BCUT2D eigenvalue weighted by Gasteiger charge is -2.14. The van der Waals surface area contributed by atoms with Crippen molar-refractivity contribution >= 4 is 33.2 Å². The maximum atomic E-state index is 11.6. The first-order valence-corrected chi connectivity index (χ1v) is 7.15. The van der Waals surface area contributed by atoms with Crippen LogP contribution in [-0.2, 0) is 9.53 Å². The predicted molar refractivity (Wildman–Crippen MR) is 71.8 cm³/mol. The van der Waals surface area contributed by atoms with Gasteiger partial charge in [0.25, 0.3) is 0 Å². The first-order chi connectivity index (χ1) is 7.98. The molecule has 0 saturated carbocycles. The quantitative estimate of drug-likeness (QED) is 0.585. The maximum Gasteiger partial charge on any atom is 0.310 e. The highest BCUT2D eigenvalue weighted by Crippen LogP contribution is 2.32. The Balaban J connectivity index is 1.98. The number of thiophene rings is 1. The second-order valence-electron chi connectivity index (χ2n) is 4.72. The van der Waals surface area contributed by atoms with Crippen LogP contribution in [0.15, 0.2) is 15.2 Å². The van der Waals surface area contributed by atoms with Gasteiger partial charge in [0.2, 0.25) is 0 Å². The van der Waals surface area contributed by atoms with Gasteiger partial charge in [0, 0.05) is 33.6 Å². The molecule has 0 aliphatic carbocycles. The van der Waals surface area contributed by atoms with Gasteiger partial charge in [-0.1, -0.05) is 11.8 Å². The Kier molecular flexibility index (Phi) is 3.60. The van der Waals surface area contributed by atoms with Crippen molar-refractivity contribution in [1.82, 2.24) is 0 Å². The molecule has 1 aromatic heterocycles. The number of halogens is 1. The third kappa shape index (κ3) is 3.11. The Labute approximate surface area is 113 Å². The van der Waals surface area contributed by atoms with Gasteiger partial charge >= 0.3 is 5.97 Å². The van der Waals surface area contributed by atoms with Crippen molar-refractivity contribution in [3.8, 4) is 11.8 Å². The predicted octanol–water partition coefficient (Wildman–Crippen LogP) is 3.59. The fourth-order valence-corrected chi connectivity index (χ4v) is 3.20. The molecule has 17 heavy (non-hydrogen) atoms. The van der Waals surface area contributed by atoms with E-state index in [0.29, 0.717) is 6.42 Å². The average molecular weight is 313 g/mol. The zero-order valence-electron chi connectivity index (χ0n) is 9.75. The van der Waals surface area contributed by atoms with Gasteiger partial charge < -0.3 is 4.74 Å². The Bertz CT molecular complexity index is 493. The van der Waals surface area contributed by atoms with Crippen LogP contribution in [0.2, 0.25) is 0 Å². The van der Waals surface area contributed by atoms with E-state index in [4.69, 9.17) is 4.74 Å². The molecule has 0 amide bonds. The van der Waals surface area contributed by atoms with E-state index in [1.54, 1.807) is 11.3 Å². The molecule has 1 aromatic rings. The standard InChI is InChI=1S/C13H13BrO2S/c1-13(2)6-9(12(15)16-13)4-3-5-10-7-17-8-11(10)14/h7-9H,4,6H2,1-2H3. The average Bonchev–Trinajstić information content (AvgIpc) is 2.72. The van der Waals surface area contributed by atoms with Crippen molar-refractivity contribution in [2.45, 2.75) is 32.3 Å². The SMILES string of the molecule is CC1(C)CC(CC#Cc2cscc2Br)C(=O)O1. The van der Waals surface area contributed by atoms with Crippen molar-refractivity contribution in [2.75, 3.05) is 0 Å². The monoisotopic (exact) mass is 312 g/mol. The Morgan fingerprint density at radius 2 is 2.35 bits per heavy atom. The van der Waals surface area contributed by atoms with Crippen LogP contribution in [0.1, 0.15) is 32.3 Å². The summed E-state index contributed by atoms with van der Waals surface area (Å²) in [5.74, 6) is 5.95. The van der Waals surface area contributed by atoms with Crippen LogP contribution in [0.25, 0.3) is 0 Å². The lowest BCUT2D eigenvalue weighted by Crippen LogP contribution is -2.17. The van der Waals surface area contributed by atoms with Crippen LogP contribution in [0.5, 0.6) is 0 Å². The van der Waals surface area contributed by atoms with Crippen molar-refractivity contribution in [3.05, 3.63) is 20.8 Å². The van der Waals surface area contributed by atoms with Crippen LogP contribution in [-0.4, -0.2) is 11.6 Å². The van der Waals surface area contributed by atoms with E-state index in [0.717, 1.165) is 16.5 Å². The van der Waals surface area contributed by atoms with Gasteiger partial charge in [-0.3, -0.25) is 4.79 Å². The molecule has 1 atom stereocenters. The minimum atomic E-state index is -0.327. The van der Waals surface area contributed by atoms with E-state index in [9.17, 15) is 4.79 Å². The molecule has 1 aliphatic rings. The minimum Gasteiger partial charge on any atom is -0.459 e. The third-order valence-corrected chi connectivity index (χ3v) is 4.34. The molecule has 90 valence electrons. The highest BCUT2D eigenvalue weighted by molar-refractivity contribution is 9.10. The van der Waals surface area contributed by atoms with Crippen LogP contribution >= 0.6 is 27.3 Å². The molecule has 1 saturated heterocycles. The molecule has 1 aliphatic heterocycles. The van der Waals surface area contributed by atoms with Crippen LogP contribution in [0.3, 0.4) is 0 Å². The molecule has 0 aromatic carbocycles. The highest BCUT2D eigenvalue weighted by atomic mass is 79.9. The zero-order valence-corrected chi connectivity index (χ0v) is 12.2. The summed E-state index contributed by atoms with van der Waals surface area (Å²) in [5.41, 5.74) is 0.660. The number of carbonyl (C=O) groups excluding carboxylic acids is 1. The van der Waals surface area contributed by atoms with Crippen LogP contribution in [0, 0.1) is 17.8 Å². The fraction of sp³-hybridized carbons (Fsp3) is 0.462. The maximum absolute atomic E-state index is 11.6. The largest absolute Gasteiger partial charge is 0.459 e. The van der Waals surface area contributed by atoms with E-state index in [2.05, 4.69) is 27.8 Å². The molecular weight excluding hydrogens is 300 g/mol. The van der Waals surface area contributed by atoms with Crippen molar-refractivity contribution in [1.29, 1.82) is 0 Å². The zero-order chi connectivity index (χ0) is 12.5. The summed E-state index contributed by atoms with van der Waals surface area (Å²) in [4.78, 5) is 11.6. The summed E-state index contributed by atoms with van der Waals surface area (Å²) in [6.07, 6.45) is 1.33. The summed E-state index contributed by atoms with van der Waals surface area (Å²) in [7, 11) is 0. The van der Waals surface area contributed by atoms with Crippen molar-refractivity contribution in [3.63, 3.8) is 0 Å². The molecule has 0 spiro atoms. The van der Waals surface area contributed by atoms with Crippen LogP contribution in [0.4, 0.5) is 0 Å². The summed E-state index contributed by atoms with van der Waals surface area (Å²) < 4.78 is 6.28. The van der Waals surface area contributed by atoms with E-state index in [-0.39, 0.29) is 17.5 Å². The minimum absolute atomic E-state index is 0.0742. The topological polar surface area (TPSA) is 26.3 Å². The molecule has 1 fully saturated rings. The molecule has 0 radical (unpaired) electrons. The third-order valence-electron chi connectivity index (χ3n) is 2.63. The Morgan fingerprint density at radius 3 is 2.88 bits per heavy atom. The number of esters is 1. The first kappa shape index (κ1) is 12.7. The normalized spacial score (nSPS) is 21.8.